The second-order valence-electron chi connectivity index (χ2n) is 3.56. The molecule has 17 heavy (non-hydrogen) atoms. The summed E-state index contributed by atoms with van der Waals surface area (Å²) in [5, 5.41) is 2.65. The summed E-state index contributed by atoms with van der Waals surface area (Å²) in [7, 11) is -1.99. The molecule has 0 radical (unpaired) electrons. The molecule has 5 heteroatoms. The van der Waals surface area contributed by atoms with Crippen molar-refractivity contribution in [3.05, 3.63) is 29.3 Å². The van der Waals surface area contributed by atoms with Crippen LogP contribution in [0.2, 0.25) is 0 Å². The molecule has 0 aliphatic carbocycles. The van der Waals surface area contributed by atoms with E-state index < -0.39 is 7.52 Å². The molecule has 0 fully saturated rings. The average molecular weight is 251 g/mol. The number of aryl methyl sites for hydroxylation is 1. The molecule has 1 atom stereocenters. The standard InChI is InChI=1S/C12H14NO3P/c1-5-17(15,16-4)13-11-6-7-12(10(3)14)9(2)8-11/h1,6-8H,2-4H3,(H,13,15). The van der Waals surface area contributed by atoms with Crippen LogP contribution in [0.1, 0.15) is 22.8 Å². The predicted octanol–water partition coefficient (Wildman–Crippen LogP) is 3.04. The first kappa shape index (κ1) is 13.5. The van der Waals surface area contributed by atoms with Crippen LogP contribution < -0.4 is 5.09 Å². The summed E-state index contributed by atoms with van der Waals surface area (Å²) in [4.78, 5) is 11.2. The summed E-state index contributed by atoms with van der Waals surface area (Å²) in [5.41, 5.74) is 4.08. The van der Waals surface area contributed by atoms with E-state index in [1.807, 2.05) is 0 Å². The summed E-state index contributed by atoms with van der Waals surface area (Å²) in [6.07, 6.45) is 5.13. The van der Waals surface area contributed by atoms with Crippen LogP contribution in [0.5, 0.6) is 0 Å². The maximum absolute atomic E-state index is 11.8. The zero-order valence-electron chi connectivity index (χ0n) is 9.98. The second-order valence-corrected chi connectivity index (χ2v) is 5.51. The highest BCUT2D eigenvalue weighted by Gasteiger charge is 2.17. The highest BCUT2D eigenvalue weighted by Crippen LogP contribution is 2.44. The van der Waals surface area contributed by atoms with E-state index in [1.165, 1.54) is 14.0 Å². The fourth-order valence-corrected chi connectivity index (χ4v) is 2.17. The van der Waals surface area contributed by atoms with Gasteiger partial charge in [-0.05, 0) is 37.6 Å². The number of Topliss-reactive ketones (excluding diaryl/α,β-unsaturated/α-hetero) is 1. The summed E-state index contributed by atoms with van der Waals surface area (Å²) >= 11 is 0. The maximum Gasteiger partial charge on any atom is 0.366 e. The van der Waals surface area contributed by atoms with E-state index in [4.69, 9.17) is 10.9 Å². The van der Waals surface area contributed by atoms with E-state index in [2.05, 4.69) is 10.7 Å². The van der Waals surface area contributed by atoms with Gasteiger partial charge in [0.15, 0.2) is 5.78 Å². The van der Waals surface area contributed by atoms with Crippen LogP contribution in [-0.4, -0.2) is 12.9 Å². The minimum absolute atomic E-state index is 0.0130. The van der Waals surface area contributed by atoms with E-state index in [9.17, 15) is 9.36 Å². The quantitative estimate of drug-likeness (QED) is 0.507. The Bertz CT molecular complexity index is 531. The Hall–Kier alpha value is -1.56. The number of hydrogen-bond acceptors (Lipinski definition) is 3. The van der Waals surface area contributed by atoms with Crippen molar-refractivity contribution >= 4 is 19.0 Å². The highest BCUT2D eigenvalue weighted by molar-refractivity contribution is 7.65. The number of hydrogen-bond donors (Lipinski definition) is 1. The van der Waals surface area contributed by atoms with Gasteiger partial charge in [-0.25, -0.2) is 0 Å². The number of benzene rings is 1. The number of terminal acetylenes is 1. The topological polar surface area (TPSA) is 55.4 Å². The number of rotatable bonds is 4. The van der Waals surface area contributed by atoms with Crippen LogP contribution in [0.15, 0.2) is 18.2 Å². The van der Waals surface area contributed by atoms with Gasteiger partial charge in [0.1, 0.15) is 0 Å². The Labute approximate surface area is 101 Å². The molecular formula is C12H14NO3P. The van der Waals surface area contributed by atoms with Crippen molar-refractivity contribution in [3.63, 3.8) is 0 Å². The molecule has 0 saturated carbocycles. The van der Waals surface area contributed by atoms with Gasteiger partial charge in [-0.2, -0.15) is 0 Å². The molecule has 1 N–H and O–H groups in total. The Morgan fingerprint density at radius 1 is 1.53 bits per heavy atom. The molecule has 0 amide bonds. The van der Waals surface area contributed by atoms with Gasteiger partial charge in [-0.3, -0.25) is 9.36 Å². The van der Waals surface area contributed by atoms with Crippen LogP contribution in [0, 0.1) is 19.0 Å². The van der Waals surface area contributed by atoms with Crippen LogP contribution >= 0.6 is 7.52 Å². The lowest BCUT2D eigenvalue weighted by molar-refractivity contribution is 0.101. The molecule has 1 unspecified atom stereocenters. The van der Waals surface area contributed by atoms with Crippen LogP contribution in [0.3, 0.4) is 0 Å². The highest BCUT2D eigenvalue weighted by atomic mass is 31.2. The summed E-state index contributed by atoms with van der Waals surface area (Å²) in [5.74, 6) is -0.0130. The fraction of sp³-hybridized carbons (Fsp3) is 0.250. The first-order valence-corrected chi connectivity index (χ1v) is 6.58. The second kappa shape index (κ2) is 5.18. The fourth-order valence-electron chi connectivity index (χ4n) is 1.43. The minimum Gasteiger partial charge on any atom is -0.308 e. The molecule has 0 saturated heterocycles. The molecule has 90 valence electrons. The SMILES string of the molecule is C#CP(=O)(Nc1ccc(C(C)=O)c(C)c1)OC. The number of ketones is 1. The van der Waals surface area contributed by atoms with Crippen LogP contribution in [0.25, 0.3) is 0 Å². The van der Waals surface area contributed by atoms with E-state index in [0.717, 1.165) is 5.56 Å². The minimum atomic E-state index is -3.27. The number of nitrogens with one attached hydrogen (secondary N) is 1. The molecule has 0 aromatic heterocycles. The average Bonchev–Trinajstić information content (AvgIpc) is 2.28. The van der Waals surface area contributed by atoms with Gasteiger partial charge in [0.25, 0.3) is 0 Å². The van der Waals surface area contributed by atoms with Crippen molar-refractivity contribution < 1.29 is 13.9 Å². The summed E-state index contributed by atoms with van der Waals surface area (Å²) in [6.45, 7) is 3.30. The van der Waals surface area contributed by atoms with Gasteiger partial charge in [-0.1, -0.05) is 0 Å². The molecule has 0 aliphatic rings. The van der Waals surface area contributed by atoms with Gasteiger partial charge in [0.05, 0.1) is 0 Å². The van der Waals surface area contributed by atoms with E-state index >= 15 is 0 Å². The van der Waals surface area contributed by atoms with Gasteiger partial charge in [-0.15, -0.1) is 6.42 Å². The maximum atomic E-state index is 11.8. The molecule has 0 heterocycles. The van der Waals surface area contributed by atoms with Gasteiger partial charge in [0, 0.05) is 24.0 Å². The molecule has 1 rings (SSSR count). The van der Waals surface area contributed by atoms with Gasteiger partial charge < -0.3 is 9.61 Å². The van der Waals surface area contributed by atoms with Crippen LogP contribution in [0.4, 0.5) is 5.69 Å². The largest absolute Gasteiger partial charge is 0.366 e. The number of anilines is 1. The first-order valence-electron chi connectivity index (χ1n) is 4.95. The summed E-state index contributed by atoms with van der Waals surface area (Å²) in [6, 6.07) is 5.02. The van der Waals surface area contributed by atoms with Crippen molar-refractivity contribution in [2.45, 2.75) is 13.8 Å². The Balaban J connectivity index is 3.04. The number of carbonyl (C=O) groups is 1. The molecule has 0 spiro atoms. The number of carbonyl (C=O) groups excluding carboxylic acids is 1. The Morgan fingerprint density at radius 2 is 2.18 bits per heavy atom. The van der Waals surface area contributed by atoms with Crippen molar-refractivity contribution in [3.8, 4) is 12.1 Å². The third-order valence-corrected chi connectivity index (χ3v) is 3.72. The van der Waals surface area contributed by atoms with Crippen LogP contribution in [-0.2, 0) is 9.09 Å². The first-order chi connectivity index (χ1) is 7.91. The third-order valence-electron chi connectivity index (χ3n) is 2.31. The van der Waals surface area contributed by atoms with Crippen molar-refractivity contribution in [1.29, 1.82) is 0 Å². The lowest BCUT2D eigenvalue weighted by Gasteiger charge is -2.13. The molecule has 1 aromatic carbocycles. The molecular weight excluding hydrogens is 237 g/mol. The van der Waals surface area contributed by atoms with E-state index in [0.29, 0.717) is 11.3 Å². The molecule has 4 nitrogen and oxygen atoms in total. The lowest BCUT2D eigenvalue weighted by Crippen LogP contribution is -2.00. The smallest absolute Gasteiger partial charge is 0.308 e. The normalized spacial score (nSPS) is 13.5. The monoisotopic (exact) mass is 251 g/mol. The molecule has 1 aromatic rings. The zero-order chi connectivity index (χ0) is 13.1. The predicted molar refractivity (Wildman–Crippen MR) is 68.3 cm³/mol. The van der Waals surface area contributed by atoms with E-state index in [-0.39, 0.29) is 5.78 Å². The molecule has 0 aliphatic heterocycles. The zero-order valence-corrected chi connectivity index (χ0v) is 10.9. The van der Waals surface area contributed by atoms with Gasteiger partial charge >= 0.3 is 7.52 Å². The van der Waals surface area contributed by atoms with Gasteiger partial charge in [0.2, 0.25) is 0 Å². The third kappa shape index (κ3) is 3.20. The van der Waals surface area contributed by atoms with E-state index in [1.54, 1.807) is 25.1 Å². The Morgan fingerprint density at radius 3 is 2.59 bits per heavy atom. The van der Waals surface area contributed by atoms with Crippen molar-refractivity contribution in [2.75, 3.05) is 12.2 Å². The van der Waals surface area contributed by atoms with Crippen molar-refractivity contribution in [2.24, 2.45) is 0 Å². The van der Waals surface area contributed by atoms with Crippen molar-refractivity contribution in [1.82, 2.24) is 0 Å². The Kier molecular flexibility index (Phi) is 4.11. The lowest BCUT2D eigenvalue weighted by atomic mass is 10.1. The summed E-state index contributed by atoms with van der Waals surface area (Å²) < 4.78 is 16.6. The molecule has 0 bridgehead atoms.